The molecule has 1 aliphatic rings. The fourth-order valence-corrected chi connectivity index (χ4v) is 2.77. The lowest BCUT2D eigenvalue weighted by Crippen LogP contribution is -2.31. The molecule has 1 N–H and O–H groups in total. The second-order valence-corrected chi connectivity index (χ2v) is 5.32. The number of hydrogen-bond donors (Lipinski definition) is 1. The molecule has 0 amide bonds. The van der Waals surface area contributed by atoms with Crippen LogP contribution in [0.4, 0.5) is 8.78 Å². The maximum Gasteiger partial charge on any atom is 0.172 e. The Bertz CT molecular complexity index is 389. The van der Waals surface area contributed by atoms with Crippen molar-refractivity contribution in [1.82, 2.24) is 5.32 Å². The number of rotatable bonds is 3. The summed E-state index contributed by atoms with van der Waals surface area (Å²) in [5, 5.41) is 3.29. The zero-order chi connectivity index (χ0) is 12.3. The molecule has 0 saturated carbocycles. The molecule has 0 aromatic heterocycles. The topological polar surface area (TPSA) is 12.0 Å². The van der Waals surface area contributed by atoms with Crippen LogP contribution in [0.25, 0.3) is 0 Å². The van der Waals surface area contributed by atoms with Crippen LogP contribution in [0.5, 0.6) is 0 Å². The highest BCUT2D eigenvalue weighted by molar-refractivity contribution is 7.98. The van der Waals surface area contributed by atoms with Gasteiger partial charge in [-0.1, -0.05) is 6.07 Å². The molecule has 0 bridgehead atoms. The Balaban J connectivity index is 2.12. The smallest absolute Gasteiger partial charge is 0.172 e. The molecule has 1 aliphatic heterocycles. The number of benzene rings is 1. The summed E-state index contributed by atoms with van der Waals surface area (Å²) in [4.78, 5) is 0.382. The largest absolute Gasteiger partial charge is 0.316 e. The molecule has 1 nitrogen and oxygen atoms in total. The summed E-state index contributed by atoms with van der Waals surface area (Å²) in [7, 11) is 0. The summed E-state index contributed by atoms with van der Waals surface area (Å²) in [6, 6.07) is 3.40. The average Bonchev–Trinajstić information content (AvgIpc) is 2.37. The van der Waals surface area contributed by atoms with Crippen LogP contribution in [0.2, 0.25) is 0 Å². The molecule has 17 heavy (non-hydrogen) atoms. The fraction of sp³-hybridized carbons (Fsp3) is 0.538. The summed E-state index contributed by atoms with van der Waals surface area (Å²) < 4.78 is 27.4. The van der Waals surface area contributed by atoms with Gasteiger partial charge in [0.05, 0.1) is 0 Å². The minimum absolute atomic E-state index is 0.382. The Hall–Kier alpha value is -0.610. The van der Waals surface area contributed by atoms with Crippen LogP contribution in [0.1, 0.15) is 18.4 Å². The first kappa shape index (κ1) is 12.8. The van der Waals surface area contributed by atoms with E-state index in [1.807, 2.05) is 0 Å². The van der Waals surface area contributed by atoms with E-state index in [4.69, 9.17) is 0 Å². The van der Waals surface area contributed by atoms with E-state index >= 15 is 0 Å². The van der Waals surface area contributed by atoms with Gasteiger partial charge in [-0.25, -0.2) is 8.78 Å². The van der Waals surface area contributed by atoms with E-state index in [1.54, 1.807) is 18.4 Å². The maximum absolute atomic E-state index is 13.8. The number of hydrogen-bond acceptors (Lipinski definition) is 2. The van der Waals surface area contributed by atoms with E-state index in [9.17, 15) is 8.78 Å². The lowest BCUT2D eigenvalue weighted by atomic mass is 9.92. The lowest BCUT2D eigenvalue weighted by Gasteiger charge is -2.23. The van der Waals surface area contributed by atoms with Crippen LogP contribution >= 0.6 is 11.8 Å². The van der Waals surface area contributed by atoms with Crippen molar-refractivity contribution in [3.8, 4) is 0 Å². The van der Waals surface area contributed by atoms with E-state index in [2.05, 4.69) is 5.32 Å². The standard InChI is InChI=1S/C13H17F2NS/c1-17-11-5-4-10(12(14)13(11)15)7-9-3-2-6-16-8-9/h4-5,9,16H,2-3,6-8H2,1H3. The highest BCUT2D eigenvalue weighted by Crippen LogP contribution is 2.26. The highest BCUT2D eigenvalue weighted by atomic mass is 32.2. The van der Waals surface area contributed by atoms with Crippen molar-refractivity contribution >= 4 is 11.8 Å². The Morgan fingerprint density at radius 2 is 2.18 bits per heavy atom. The molecule has 1 atom stereocenters. The molecule has 0 aliphatic carbocycles. The molecule has 1 aromatic carbocycles. The minimum Gasteiger partial charge on any atom is -0.316 e. The third kappa shape index (κ3) is 2.99. The first-order chi connectivity index (χ1) is 8.22. The van der Waals surface area contributed by atoms with Gasteiger partial charge >= 0.3 is 0 Å². The van der Waals surface area contributed by atoms with E-state index < -0.39 is 11.6 Å². The fourth-order valence-electron chi connectivity index (χ4n) is 2.30. The number of halogens is 2. The van der Waals surface area contributed by atoms with Gasteiger partial charge in [0.2, 0.25) is 0 Å². The molecule has 1 fully saturated rings. The zero-order valence-corrected chi connectivity index (χ0v) is 10.7. The predicted octanol–water partition coefficient (Wildman–Crippen LogP) is 3.23. The highest BCUT2D eigenvalue weighted by Gasteiger charge is 2.18. The normalized spacial score (nSPS) is 20.5. The van der Waals surface area contributed by atoms with Crippen LogP contribution in [-0.4, -0.2) is 19.3 Å². The monoisotopic (exact) mass is 257 g/mol. The van der Waals surface area contributed by atoms with Gasteiger partial charge < -0.3 is 5.32 Å². The van der Waals surface area contributed by atoms with Gasteiger partial charge in [0.25, 0.3) is 0 Å². The van der Waals surface area contributed by atoms with Crippen molar-refractivity contribution in [2.75, 3.05) is 19.3 Å². The molecule has 4 heteroatoms. The van der Waals surface area contributed by atoms with Gasteiger partial charge in [-0.3, -0.25) is 0 Å². The van der Waals surface area contributed by atoms with Gasteiger partial charge in [0, 0.05) is 4.90 Å². The van der Waals surface area contributed by atoms with Crippen LogP contribution < -0.4 is 5.32 Å². The number of nitrogens with one attached hydrogen (secondary N) is 1. The Labute approximate surface area is 105 Å². The van der Waals surface area contributed by atoms with Crippen molar-refractivity contribution in [2.24, 2.45) is 5.92 Å². The maximum atomic E-state index is 13.8. The third-order valence-corrected chi connectivity index (χ3v) is 4.01. The van der Waals surface area contributed by atoms with Crippen LogP contribution in [-0.2, 0) is 6.42 Å². The molecule has 1 heterocycles. The second kappa shape index (κ2) is 5.83. The predicted molar refractivity (Wildman–Crippen MR) is 67.4 cm³/mol. The van der Waals surface area contributed by atoms with Crippen molar-refractivity contribution in [3.05, 3.63) is 29.3 Å². The van der Waals surface area contributed by atoms with Gasteiger partial charge in [0.1, 0.15) is 0 Å². The molecule has 1 aromatic rings. The SMILES string of the molecule is CSc1ccc(CC2CCCNC2)c(F)c1F. The van der Waals surface area contributed by atoms with E-state index in [0.717, 1.165) is 25.9 Å². The zero-order valence-electron chi connectivity index (χ0n) is 9.93. The first-order valence-corrected chi connectivity index (χ1v) is 7.16. The van der Waals surface area contributed by atoms with E-state index in [0.29, 0.717) is 22.8 Å². The molecular formula is C13H17F2NS. The van der Waals surface area contributed by atoms with Gasteiger partial charge in [-0.2, -0.15) is 0 Å². The average molecular weight is 257 g/mol. The molecule has 1 saturated heterocycles. The molecule has 0 spiro atoms. The van der Waals surface area contributed by atoms with Crippen LogP contribution in [0.3, 0.4) is 0 Å². The molecular weight excluding hydrogens is 240 g/mol. The Kier molecular flexibility index (Phi) is 4.40. The van der Waals surface area contributed by atoms with Gasteiger partial charge in [-0.15, -0.1) is 11.8 Å². The van der Waals surface area contributed by atoms with E-state index in [1.165, 1.54) is 11.8 Å². The minimum atomic E-state index is -0.696. The molecule has 94 valence electrons. The van der Waals surface area contributed by atoms with Crippen molar-refractivity contribution in [2.45, 2.75) is 24.2 Å². The van der Waals surface area contributed by atoms with Crippen molar-refractivity contribution in [3.63, 3.8) is 0 Å². The van der Waals surface area contributed by atoms with Crippen LogP contribution in [0.15, 0.2) is 17.0 Å². The van der Waals surface area contributed by atoms with Crippen molar-refractivity contribution in [1.29, 1.82) is 0 Å². The summed E-state index contributed by atoms with van der Waals surface area (Å²) in [5.41, 5.74) is 0.508. The second-order valence-electron chi connectivity index (χ2n) is 4.47. The summed E-state index contributed by atoms with van der Waals surface area (Å²) in [6.45, 7) is 1.95. The van der Waals surface area contributed by atoms with Gasteiger partial charge in [0.15, 0.2) is 11.6 Å². The summed E-state index contributed by atoms with van der Waals surface area (Å²) in [6.07, 6.45) is 4.60. The number of piperidine rings is 1. The van der Waals surface area contributed by atoms with Crippen LogP contribution in [0, 0.1) is 17.6 Å². The Morgan fingerprint density at radius 1 is 1.35 bits per heavy atom. The number of thioether (sulfide) groups is 1. The van der Waals surface area contributed by atoms with Crippen molar-refractivity contribution < 1.29 is 8.78 Å². The Morgan fingerprint density at radius 3 is 2.82 bits per heavy atom. The first-order valence-electron chi connectivity index (χ1n) is 5.94. The lowest BCUT2D eigenvalue weighted by molar-refractivity contribution is 0.368. The molecule has 2 rings (SSSR count). The summed E-state index contributed by atoms with van der Waals surface area (Å²) >= 11 is 1.24. The quantitative estimate of drug-likeness (QED) is 0.834. The molecule has 1 unspecified atom stereocenters. The van der Waals surface area contributed by atoms with E-state index in [-0.39, 0.29) is 0 Å². The third-order valence-electron chi connectivity index (χ3n) is 3.25. The summed E-state index contributed by atoms with van der Waals surface area (Å²) in [5.74, 6) is -0.932. The van der Waals surface area contributed by atoms with Gasteiger partial charge in [-0.05, 0) is 56.2 Å². The molecule has 0 radical (unpaired) electrons.